The topological polar surface area (TPSA) is 38.7 Å². The Bertz CT molecular complexity index is 3740. The maximum absolute atomic E-state index is 5.42. The lowest BCUT2D eigenvalue weighted by Crippen LogP contribution is -2.55. The zero-order valence-corrected chi connectivity index (χ0v) is 39.1. The van der Waals surface area contributed by atoms with Gasteiger partial charge < -0.3 is 0 Å². The van der Waals surface area contributed by atoms with Crippen LogP contribution in [0.3, 0.4) is 0 Å². The van der Waals surface area contributed by atoms with Gasteiger partial charge in [0.05, 0.1) is 0 Å². The van der Waals surface area contributed by atoms with Gasteiger partial charge in [-0.25, -0.2) is 15.0 Å². The van der Waals surface area contributed by atoms with E-state index in [-0.39, 0.29) is 10.8 Å². The molecule has 69 heavy (non-hydrogen) atoms. The lowest BCUT2D eigenvalue weighted by atomic mass is 9.43. The largest absolute Gasteiger partial charge is 0.208 e. The summed E-state index contributed by atoms with van der Waals surface area (Å²) in [7, 11) is 0. The molecule has 1 spiro atoms. The Morgan fingerprint density at radius 2 is 0.855 bits per heavy atom. The van der Waals surface area contributed by atoms with Gasteiger partial charge >= 0.3 is 0 Å². The molecule has 0 radical (unpaired) electrons. The van der Waals surface area contributed by atoms with Crippen LogP contribution in [0.2, 0.25) is 0 Å². The number of benzene rings is 9. The molecule has 0 aliphatic heterocycles. The first kappa shape index (κ1) is 39.5. The number of hydrogen-bond donors (Lipinski definition) is 0. The van der Waals surface area contributed by atoms with Crippen molar-refractivity contribution in [3.05, 3.63) is 210 Å². The van der Waals surface area contributed by atoms with Crippen LogP contribution < -0.4 is 0 Å². The third-order valence-electron chi connectivity index (χ3n) is 17.7. The first-order valence-electron chi connectivity index (χ1n) is 25.3. The molecule has 1 heterocycles. The van der Waals surface area contributed by atoms with Crippen LogP contribution in [0.25, 0.3) is 100 Å². The van der Waals surface area contributed by atoms with Crippen molar-refractivity contribution in [3.63, 3.8) is 0 Å². The molecule has 0 amide bonds. The molecule has 3 heteroatoms. The molecule has 9 aromatic carbocycles. The molecular formula is C66H51N3. The normalized spacial score (nSPS) is 21.9. The molecule has 10 aromatic rings. The zero-order chi connectivity index (χ0) is 45.6. The van der Waals surface area contributed by atoms with Crippen LogP contribution in [-0.4, -0.2) is 15.0 Å². The summed E-state index contributed by atoms with van der Waals surface area (Å²) in [6.45, 7) is 4.80. The van der Waals surface area contributed by atoms with E-state index in [0.29, 0.717) is 23.5 Å². The van der Waals surface area contributed by atoms with Crippen molar-refractivity contribution in [1.82, 2.24) is 15.0 Å². The molecule has 4 saturated carbocycles. The second-order valence-electron chi connectivity index (χ2n) is 21.6. The summed E-state index contributed by atoms with van der Waals surface area (Å²) in [5.74, 6) is 5.06. The molecule has 6 aliphatic carbocycles. The molecule has 0 unspecified atom stereocenters. The molecule has 330 valence electrons. The van der Waals surface area contributed by atoms with E-state index in [0.717, 1.165) is 34.4 Å². The van der Waals surface area contributed by atoms with E-state index in [1.54, 1.807) is 5.56 Å². The molecule has 6 aliphatic rings. The van der Waals surface area contributed by atoms with Crippen molar-refractivity contribution in [1.29, 1.82) is 0 Å². The molecule has 1 aromatic heterocycles. The van der Waals surface area contributed by atoms with Gasteiger partial charge in [0.1, 0.15) is 0 Å². The number of nitrogens with zero attached hydrogens (tertiary/aromatic N) is 3. The monoisotopic (exact) mass is 885 g/mol. The number of fused-ring (bicyclic) bond motifs is 9. The summed E-state index contributed by atoms with van der Waals surface area (Å²) < 4.78 is 0. The Hall–Kier alpha value is -7.49. The van der Waals surface area contributed by atoms with E-state index in [1.165, 1.54) is 115 Å². The summed E-state index contributed by atoms with van der Waals surface area (Å²) >= 11 is 0. The van der Waals surface area contributed by atoms with Crippen molar-refractivity contribution < 1.29 is 0 Å². The Kier molecular flexibility index (Phi) is 8.31. The summed E-state index contributed by atoms with van der Waals surface area (Å²) in [5, 5.41) is 4.87. The Labute approximate surface area is 404 Å². The van der Waals surface area contributed by atoms with Gasteiger partial charge in [0, 0.05) is 27.5 Å². The molecular weight excluding hydrogens is 835 g/mol. The SMILES string of the molecule is CC1(C)c2ccccc2-c2ccc(-c3cccc4c3-c3ccc(-c5nc(-c6ccccc6)nc(-c6ccc7c(ccc8cc(-c9ccccc9)ccc87)c6)n5)cc3C43C4CC5CC(C4)CC3C5)cc21. The van der Waals surface area contributed by atoms with E-state index >= 15 is 0 Å². The fourth-order valence-corrected chi connectivity index (χ4v) is 14.9. The highest BCUT2D eigenvalue weighted by molar-refractivity contribution is 6.09. The fourth-order valence-electron chi connectivity index (χ4n) is 14.9. The van der Waals surface area contributed by atoms with Crippen molar-refractivity contribution in [2.45, 2.75) is 56.8 Å². The highest BCUT2D eigenvalue weighted by atomic mass is 15.0. The molecule has 4 fully saturated rings. The predicted molar refractivity (Wildman–Crippen MR) is 283 cm³/mol. The maximum atomic E-state index is 5.42. The molecule has 0 atom stereocenters. The van der Waals surface area contributed by atoms with Crippen LogP contribution in [0.1, 0.15) is 68.2 Å². The van der Waals surface area contributed by atoms with Gasteiger partial charge in [0.25, 0.3) is 0 Å². The highest BCUT2D eigenvalue weighted by Crippen LogP contribution is 2.70. The zero-order valence-electron chi connectivity index (χ0n) is 39.1. The van der Waals surface area contributed by atoms with E-state index in [2.05, 4.69) is 202 Å². The third-order valence-corrected chi connectivity index (χ3v) is 17.7. The number of rotatable bonds is 5. The van der Waals surface area contributed by atoms with Crippen molar-refractivity contribution >= 4 is 21.5 Å². The fraction of sp³-hybridized carbons (Fsp3) is 0.197. The standard InChI is InChI=1S/C66H51N3/c1-65(2)57-18-10-9-16-54(57)55-28-23-46(37-59(55)65)53-17-11-19-58-61(53)56-29-25-48(38-60(56)66(58)49-31-39-30-40(33-49)34-50(66)32-39)64-68-62(42-14-7-4-8-15-42)67-63(69-64)47-24-27-52-45(36-47)21-20-44-35-43(22-26-51(44)52)41-12-5-3-6-13-41/h3-29,35-40,49-50H,30-34H2,1-2H3. The van der Waals surface area contributed by atoms with Crippen LogP contribution in [0, 0.1) is 23.7 Å². The average Bonchev–Trinajstić information content (AvgIpc) is 3.82. The molecule has 4 bridgehead atoms. The van der Waals surface area contributed by atoms with Gasteiger partial charge in [-0.1, -0.05) is 178 Å². The minimum atomic E-state index is -0.0637. The van der Waals surface area contributed by atoms with Crippen LogP contribution >= 0.6 is 0 Å². The number of aromatic nitrogens is 3. The van der Waals surface area contributed by atoms with Crippen molar-refractivity contribution in [3.8, 4) is 78.7 Å². The predicted octanol–water partition coefficient (Wildman–Crippen LogP) is 16.5. The third kappa shape index (κ3) is 5.71. The second-order valence-corrected chi connectivity index (χ2v) is 21.6. The lowest BCUT2D eigenvalue weighted by molar-refractivity contribution is -0.0399. The minimum absolute atomic E-state index is 0.0303. The smallest absolute Gasteiger partial charge is 0.164 e. The van der Waals surface area contributed by atoms with Crippen LogP contribution in [-0.2, 0) is 10.8 Å². The molecule has 0 saturated heterocycles. The van der Waals surface area contributed by atoms with Crippen LogP contribution in [0.15, 0.2) is 188 Å². The molecule has 0 N–H and O–H groups in total. The lowest BCUT2D eigenvalue weighted by Gasteiger charge is -2.61. The van der Waals surface area contributed by atoms with E-state index < -0.39 is 0 Å². The average molecular weight is 886 g/mol. The number of hydrogen-bond acceptors (Lipinski definition) is 3. The quantitative estimate of drug-likeness (QED) is 0.162. The van der Waals surface area contributed by atoms with Gasteiger partial charge in [0.2, 0.25) is 0 Å². The first-order valence-corrected chi connectivity index (χ1v) is 25.3. The summed E-state index contributed by atoms with van der Waals surface area (Å²) in [4.78, 5) is 16.0. The van der Waals surface area contributed by atoms with Crippen LogP contribution in [0.5, 0.6) is 0 Å². The maximum Gasteiger partial charge on any atom is 0.164 e. The van der Waals surface area contributed by atoms with Gasteiger partial charge in [0.15, 0.2) is 17.5 Å². The van der Waals surface area contributed by atoms with Gasteiger partial charge in [-0.05, 0) is 168 Å². The molecule has 3 nitrogen and oxygen atoms in total. The summed E-state index contributed by atoms with van der Waals surface area (Å²) in [5.41, 5.74) is 19.6. The van der Waals surface area contributed by atoms with E-state index in [9.17, 15) is 0 Å². The Morgan fingerprint density at radius 3 is 1.57 bits per heavy atom. The molecule has 16 rings (SSSR count). The van der Waals surface area contributed by atoms with Crippen molar-refractivity contribution in [2.75, 3.05) is 0 Å². The van der Waals surface area contributed by atoms with Crippen LogP contribution in [0.4, 0.5) is 0 Å². The van der Waals surface area contributed by atoms with Crippen molar-refractivity contribution in [2.24, 2.45) is 23.7 Å². The summed E-state index contributed by atoms with van der Waals surface area (Å²) in [6, 6.07) is 70.0. The highest BCUT2D eigenvalue weighted by Gasteiger charge is 2.62. The summed E-state index contributed by atoms with van der Waals surface area (Å²) in [6.07, 6.45) is 6.72. The van der Waals surface area contributed by atoms with Gasteiger partial charge in [-0.2, -0.15) is 0 Å². The Morgan fingerprint density at radius 1 is 0.348 bits per heavy atom. The van der Waals surface area contributed by atoms with Gasteiger partial charge in [-0.3, -0.25) is 0 Å². The minimum Gasteiger partial charge on any atom is -0.208 e. The second kappa shape index (κ2) is 14.5. The van der Waals surface area contributed by atoms with E-state index in [1.807, 2.05) is 0 Å². The Balaban J connectivity index is 0.886. The first-order chi connectivity index (χ1) is 33.9. The van der Waals surface area contributed by atoms with E-state index in [4.69, 9.17) is 15.0 Å². The van der Waals surface area contributed by atoms with Gasteiger partial charge in [-0.15, -0.1) is 0 Å².